The van der Waals surface area contributed by atoms with E-state index in [2.05, 4.69) is 25.7 Å². The van der Waals surface area contributed by atoms with Crippen LogP contribution in [0.4, 0.5) is 4.39 Å². The Morgan fingerprint density at radius 3 is 1.47 bits per heavy atom. The molecule has 0 amide bonds. The molecule has 0 saturated heterocycles. The molecule has 7 heteroatoms. The van der Waals surface area contributed by atoms with Crippen LogP contribution >= 0.6 is 0 Å². The minimum atomic E-state index is -0.209. The summed E-state index contributed by atoms with van der Waals surface area (Å²) in [6.45, 7) is 10.7. The van der Waals surface area contributed by atoms with Crippen LogP contribution in [0.5, 0.6) is 0 Å². The van der Waals surface area contributed by atoms with Gasteiger partial charge in [-0.25, -0.2) is 0 Å². The maximum absolute atomic E-state index is 13.0. The van der Waals surface area contributed by atoms with Gasteiger partial charge in [0.25, 0.3) is 0 Å². The lowest BCUT2D eigenvalue weighted by molar-refractivity contribution is -0.149. The smallest absolute Gasteiger partial charge is 0.308 e. The number of nitrogens with zero attached hydrogens (tertiary/aromatic N) is 1. The maximum atomic E-state index is 13.0. The predicted molar refractivity (Wildman–Crippen MR) is 223 cm³/mol. The number of hydrogen-bond donors (Lipinski definition) is 1. The fraction of sp³-hybridized carbons (Fsp3) is 0.957. The van der Waals surface area contributed by atoms with E-state index >= 15 is 0 Å². The molecule has 0 aliphatic heterocycles. The molecule has 0 aromatic rings. The lowest BCUT2D eigenvalue weighted by Crippen LogP contribution is -2.29. The summed E-state index contributed by atoms with van der Waals surface area (Å²) in [4.78, 5) is 27.3. The molecular formula is C46H90FNO5. The second-order valence-electron chi connectivity index (χ2n) is 16.4. The van der Waals surface area contributed by atoms with E-state index in [0.29, 0.717) is 26.1 Å². The van der Waals surface area contributed by atoms with Crippen molar-refractivity contribution in [3.63, 3.8) is 0 Å². The first-order chi connectivity index (χ1) is 25.9. The molecule has 1 N–H and O–H groups in total. The van der Waals surface area contributed by atoms with E-state index in [0.717, 1.165) is 141 Å². The van der Waals surface area contributed by atoms with Crippen molar-refractivity contribution in [2.75, 3.05) is 46.1 Å². The highest BCUT2D eigenvalue weighted by Crippen LogP contribution is 2.21. The summed E-state index contributed by atoms with van der Waals surface area (Å²) in [6.07, 6.45) is 35.5. The highest BCUT2D eigenvalue weighted by atomic mass is 19.1. The Morgan fingerprint density at radius 2 is 0.962 bits per heavy atom. The molecule has 0 saturated carbocycles. The zero-order valence-electron chi connectivity index (χ0n) is 35.6. The monoisotopic (exact) mass is 756 g/mol. The molecule has 0 spiro atoms. The van der Waals surface area contributed by atoms with Crippen LogP contribution in [0.2, 0.25) is 0 Å². The number of unbranched alkanes of at least 4 members (excludes halogenated alkanes) is 23. The Bertz CT molecular complexity index is 766. The zero-order valence-corrected chi connectivity index (χ0v) is 35.6. The van der Waals surface area contributed by atoms with E-state index in [1.54, 1.807) is 0 Å². The molecule has 1 unspecified atom stereocenters. The summed E-state index contributed by atoms with van der Waals surface area (Å²) in [6, 6.07) is 0. The van der Waals surface area contributed by atoms with Crippen LogP contribution in [0.15, 0.2) is 0 Å². The summed E-state index contributed by atoms with van der Waals surface area (Å²) >= 11 is 0. The van der Waals surface area contributed by atoms with Crippen molar-refractivity contribution in [1.82, 2.24) is 4.90 Å². The SMILES string of the molecule is CCCCCCCCC(CCCCCCCCF)C(=O)OCCCCCCCN(CCO)CCCCCCCOC(=O)CCCCCCCCC(C)C. The van der Waals surface area contributed by atoms with Gasteiger partial charge in [0, 0.05) is 13.0 Å². The van der Waals surface area contributed by atoms with Gasteiger partial charge in [-0.1, -0.05) is 168 Å². The van der Waals surface area contributed by atoms with Crippen molar-refractivity contribution in [1.29, 1.82) is 0 Å². The number of carbonyl (C=O) groups excluding carboxylic acids is 2. The van der Waals surface area contributed by atoms with Crippen LogP contribution in [-0.2, 0) is 19.1 Å². The Labute approximate surface area is 328 Å². The highest BCUT2D eigenvalue weighted by molar-refractivity contribution is 5.72. The fourth-order valence-corrected chi connectivity index (χ4v) is 7.23. The van der Waals surface area contributed by atoms with Crippen molar-refractivity contribution in [2.24, 2.45) is 11.8 Å². The number of halogens is 1. The lowest BCUT2D eigenvalue weighted by Gasteiger charge is -2.21. The molecule has 6 nitrogen and oxygen atoms in total. The number of rotatable bonds is 43. The lowest BCUT2D eigenvalue weighted by atomic mass is 9.94. The van der Waals surface area contributed by atoms with Crippen LogP contribution in [0, 0.1) is 11.8 Å². The predicted octanol–water partition coefficient (Wildman–Crippen LogP) is 13.1. The summed E-state index contributed by atoms with van der Waals surface area (Å²) < 4.78 is 23.5. The number of aliphatic hydroxyl groups excluding tert-OH is 1. The van der Waals surface area contributed by atoms with Crippen LogP contribution in [0.1, 0.15) is 226 Å². The van der Waals surface area contributed by atoms with E-state index < -0.39 is 0 Å². The average Bonchev–Trinajstić information content (AvgIpc) is 3.14. The zero-order chi connectivity index (χ0) is 38.9. The number of aliphatic hydroxyl groups is 1. The molecule has 1 atom stereocenters. The first-order valence-electron chi connectivity index (χ1n) is 23.2. The standard InChI is InChI=1S/C46H90FNO5/c1-4-5-6-7-15-24-33-44(34-25-16-10-11-18-27-36-47)46(51)53-42-31-22-13-20-29-38-48(39-40-49)37-28-19-12-21-30-41-52-45(50)35-26-17-9-8-14-23-32-43(2)3/h43-44,49H,4-42H2,1-3H3. The number of esters is 2. The normalized spacial score (nSPS) is 12.2. The van der Waals surface area contributed by atoms with Crippen molar-refractivity contribution >= 4 is 11.9 Å². The summed E-state index contributed by atoms with van der Waals surface area (Å²) in [7, 11) is 0. The highest BCUT2D eigenvalue weighted by Gasteiger charge is 2.19. The van der Waals surface area contributed by atoms with Crippen LogP contribution in [-0.4, -0.2) is 68.1 Å². The number of ether oxygens (including phenoxy) is 2. The molecule has 0 heterocycles. The van der Waals surface area contributed by atoms with Gasteiger partial charge in [0.1, 0.15) is 0 Å². The Morgan fingerprint density at radius 1 is 0.528 bits per heavy atom. The molecule has 316 valence electrons. The van der Waals surface area contributed by atoms with Gasteiger partial charge in [0.05, 0.1) is 32.4 Å². The molecule has 0 rings (SSSR count). The van der Waals surface area contributed by atoms with E-state index in [-0.39, 0.29) is 31.1 Å². The van der Waals surface area contributed by atoms with E-state index in [4.69, 9.17) is 9.47 Å². The van der Waals surface area contributed by atoms with Gasteiger partial charge in [0.2, 0.25) is 0 Å². The van der Waals surface area contributed by atoms with Crippen LogP contribution < -0.4 is 0 Å². The van der Waals surface area contributed by atoms with Crippen molar-refractivity contribution in [3.05, 3.63) is 0 Å². The minimum absolute atomic E-state index is 0.0122. The third kappa shape index (κ3) is 38.8. The molecule has 0 radical (unpaired) electrons. The summed E-state index contributed by atoms with van der Waals surface area (Å²) in [5.41, 5.74) is 0. The first-order valence-corrected chi connectivity index (χ1v) is 23.2. The van der Waals surface area contributed by atoms with Crippen LogP contribution in [0.3, 0.4) is 0 Å². The van der Waals surface area contributed by atoms with Gasteiger partial charge in [-0.15, -0.1) is 0 Å². The second-order valence-corrected chi connectivity index (χ2v) is 16.4. The largest absolute Gasteiger partial charge is 0.466 e. The molecule has 0 aromatic heterocycles. The molecule has 0 bridgehead atoms. The van der Waals surface area contributed by atoms with Gasteiger partial charge < -0.3 is 19.5 Å². The van der Waals surface area contributed by atoms with Crippen LogP contribution in [0.25, 0.3) is 0 Å². The molecule has 0 fully saturated rings. The number of carbonyl (C=O) groups is 2. The fourth-order valence-electron chi connectivity index (χ4n) is 7.23. The van der Waals surface area contributed by atoms with Gasteiger partial charge in [-0.2, -0.15) is 0 Å². The Hall–Kier alpha value is -1.21. The van der Waals surface area contributed by atoms with E-state index in [1.165, 1.54) is 77.0 Å². The molecule has 0 aromatic carbocycles. The molecule has 53 heavy (non-hydrogen) atoms. The van der Waals surface area contributed by atoms with E-state index in [9.17, 15) is 19.1 Å². The first kappa shape index (κ1) is 51.8. The van der Waals surface area contributed by atoms with E-state index in [1.807, 2.05) is 0 Å². The Kier molecular flexibility index (Phi) is 41.0. The van der Waals surface area contributed by atoms with Gasteiger partial charge in [-0.05, 0) is 70.4 Å². The summed E-state index contributed by atoms with van der Waals surface area (Å²) in [5.74, 6) is 0.821. The number of hydrogen-bond acceptors (Lipinski definition) is 6. The second kappa shape index (κ2) is 41.9. The molecule has 0 aliphatic rings. The average molecular weight is 756 g/mol. The third-order valence-electron chi connectivity index (χ3n) is 10.7. The third-order valence-corrected chi connectivity index (χ3v) is 10.7. The minimum Gasteiger partial charge on any atom is -0.466 e. The summed E-state index contributed by atoms with van der Waals surface area (Å²) in [5, 5.41) is 9.55. The van der Waals surface area contributed by atoms with Crippen molar-refractivity contribution in [2.45, 2.75) is 226 Å². The van der Waals surface area contributed by atoms with Crippen molar-refractivity contribution < 1.29 is 28.6 Å². The Balaban J connectivity index is 3.93. The molecular weight excluding hydrogens is 666 g/mol. The quantitative estimate of drug-likeness (QED) is 0.0493. The maximum Gasteiger partial charge on any atom is 0.308 e. The van der Waals surface area contributed by atoms with Crippen molar-refractivity contribution in [3.8, 4) is 0 Å². The van der Waals surface area contributed by atoms with Gasteiger partial charge in [-0.3, -0.25) is 14.0 Å². The number of alkyl halides is 1. The topological polar surface area (TPSA) is 76.1 Å². The van der Waals surface area contributed by atoms with Gasteiger partial charge in [0.15, 0.2) is 0 Å². The van der Waals surface area contributed by atoms with Gasteiger partial charge >= 0.3 is 11.9 Å². The molecule has 0 aliphatic carbocycles.